The molecule has 0 amide bonds. The molecule has 0 spiro atoms. The zero-order valence-electron chi connectivity index (χ0n) is 20.7. The fraction of sp³-hybridized carbons (Fsp3) is 0. The maximum atomic E-state index is 4.65. The summed E-state index contributed by atoms with van der Waals surface area (Å²) >= 11 is 0. The van der Waals surface area contributed by atoms with Crippen molar-refractivity contribution < 1.29 is 0 Å². The van der Waals surface area contributed by atoms with E-state index in [4.69, 9.17) is 0 Å². The van der Waals surface area contributed by atoms with Crippen molar-refractivity contribution in [2.75, 3.05) is 0 Å². The van der Waals surface area contributed by atoms with Crippen LogP contribution in [-0.4, -0.2) is 4.98 Å². The molecule has 0 aliphatic heterocycles. The fourth-order valence-corrected chi connectivity index (χ4v) is 6.31. The van der Waals surface area contributed by atoms with Gasteiger partial charge in [0.2, 0.25) is 0 Å². The quantitative estimate of drug-likeness (QED) is 0.177. The molecule has 176 valence electrons. The highest BCUT2D eigenvalue weighted by molar-refractivity contribution is 6.26. The Morgan fingerprint density at radius 2 is 0.895 bits per heavy atom. The van der Waals surface area contributed by atoms with Gasteiger partial charge in [-0.1, -0.05) is 115 Å². The van der Waals surface area contributed by atoms with Crippen molar-refractivity contribution in [1.82, 2.24) is 4.98 Å². The first-order valence-electron chi connectivity index (χ1n) is 13.1. The molecule has 1 aromatic heterocycles. The van der Waals surface area contributed by atoms with Crippen LogP contribution >= 0.6 is 0 Å². The topological polar surface area (TPSA) is 12.9 Å². The predicted molar refractivity (Wildman–Crippen MR) is 163 cm³/mol. The lowest BCUT2D eigenvalue weighted by Crippen LogP contribution is -1.93. The molecule has 0 saturated heterocycles. The number of hydrogen-bond acceptors (Lipinski definition) is 1. The lowest BCUT2D eigenvalue weighted by atomic mass is 9.83. The van der Waals surface area contributed by atoms with Gasteiger partial charge in [-0.05, 0) is 82.9 Å². The van der Waals surface area contributed by atoms with Gasteiger partial charge in [-0.15, -0.1) is 0 Å². The molecule has 1 nitrogen and oxygen atoms in total. The minimum Gasteiger partial charge on any atom is -0.264 e. The van der Waals surface area contributed by atoms with Gasteiger partial charge in [0.1, 0.15) is 0 Å². The maximum absolute atomic E-state index is 4.65. The Bertz CT molecular complexity index is 2130. The second kappa shape index (κ2) is 8.26. The molecule has 8 aromatic rings. The highest BCUT2D eigenvalue weighted by atomic mass is 14.6. The van der Waals surface area contributed by atoms with Crippen molar-refractivity contribution in [2.45, 2.75) is 0 Å². The Kier molecular flexibility index (Phi) is 4.59. The highest BCUT2D eigenvalue weighted by Crippen LogP contribution is 2.47. The van der Waals surface area contributed by atoms with Crippen LogP contribution in [0.5, 0.6) is 0 Å². The van der Waals surface area contributed by atoms with Gasteiger partial charge in [-0.25, -0.2) is 0 Å². The second-order valence-corrected chi connectivity index (χ2v) is 9.93. The zero-order valence-corrected chi connectivity index (χ0v) is 20.7. The van der Waals surface area contributed by atoms with Crippen LogP contribution in [0.2, 0.25) is 0 Å². The fourth-order valence-electron chi connectivity index (χ4n) is 6.31. The van der Waals surface area contributed by atoms with Crippen LogP contribution < -0.4 is 0 Å². The van der Waals surface area contributed by atoms with Crippen molar-refractivity contribution in [2.24, 2.45) is 0 Å². The third kappa shape index (κ3) is 3.02. The monoisotopic (exact) mass is 481 g/mol. The van der Waals surface area contributed by atoms with E-state index in [2.05, 4.69) is 139 Å². The van der Waals surface area contributed by atoms with E-state index >= 15 is 0 Å². The van der Waals surface area contributed by atoms with Gasteiger partial charge in [0.05, 0.1) is 0 Å². The smallest absolute Gasteiger partial charge is 0.0353 e. The summed E-state index contributed by atoms with van der Waals surface area (Å²) in [7, 11) is 0. The summed E-state index contributed by atoms with van der Waals surface area (Å²) in [5.74, 6) is 0. The van der Waals surface area contributed by atoms with Crippen molar-refractivity contribution >= 4 is 53.9 Å². The number of aromatic nitrogens is 1. The molecular formula is C37H23N. The Morgan fingerprint density at radius 1 is 0.342 bits per heavy atom. The Morgan fingerprint density at radius 3 is 1.68 bits per heavy atom. The van der Waals surface area contributed by atoms with Crippen LogP contribution in [-0.2, 0) is 0 Å². The van der Waals surface area contributed by atoms with Gasteiger partial charge in [0.15, 0.2) is 0 Å². The van der Waals surface area contributed by atoms with Crippen LogP contribution in [0.15, 0.2) is 140 Å². The molecule has 38 heavy (non-hydrogen) atoms. The van der Waals surface area contributed by atoms with E-state index in [1.165, 1.54) is 76.1 Å². The molecule has 0 atom stereocenters. The second-order valence-electron chi connectivity index (χ2n) is 9.93. The molecule has 0 aliphatic carbocycles. The molecule has 0 radical (unpaired) electrons. The van der Waals surface area contributed by atoms with Crippen molar-refractivity contribution in [1.29, 1.82) is 0 Å². The van der Waals surface area contributed by atoms with E-state index in [1.807, 2.05) is 6.20 Å². The Balaban J connectivity index is 1.59. The van der Waals surface area contributed by atoms with Crippen molar-refractivity contribution in [3.05, 3.63) is 140 Å². The van der Waals surface area contributed by atoms with E-state index in [9.17, 15) is 0 Å². The van der Waals surface area contributed by atoms with Gasteiger partial charge < -0.3 is 0 Å². The van der Waals surface area contributed by atoms with Gasteiger partial charge in [-0.3, -0.25) is 4.98 Å². The summed E-state index contributed by atoms with van der Waals surface area (Å²) in [4.78, 5) is 4.65. The standard InChI is InChI=1S/C37H23N/c1-3-13-26-24(10-1)12-9-19-30(26)36-31-17-7-8-18-32(31)37(35-23-38-21-20-33(35)36)34-22-25-11-2-4-14-27(25)28-15-5-6-16-29(28)34/h1-23H. The first-order chi connectivity index (χ1) is 18.9. The molecule has 0 N–H and O–H groups in total. The molecule has 1 heterocycles. The summed E-state index contributed by atoms with van der Waals surface area (Å²) in [6.07, 6.45) is 3.98. The molecule has 1 heteroatoms. The van der Waals surface area contributed by atoms with Crippen molar-refractivity contribution in [3.8, 4) is 22.3 Å². The Labute approximate surface area is 220 Å². The van der Waals surface area contributed by atoms with Crippen LogP contribution in [0.25, 0.3) is 76.1 Å². The largest absolute Gasteiger partial charge is 0.264 e. The highest BCUT2D eigenvalue weighted by Gasteiger charge is 2.19. The van der Waals surface area contributed by atoms with Crippen LogP contribution in [0.4, 0.5) is 0 Å². The van der Waals surface area contributed by atoms with E-state index in [0.717, 1.165) is 0 Å². The Hall–Kier alpha value is -5.01. The van der Waals surface area contributed by atoms with Gasteiger partial charge in [0.25, 0.3) is 0 Å². The van der Waals surface area contributed by atoms with Gasteiger partial charge in [0, 0.05) is 17.8 Å². The minimum absolute atomic E-state index is 1.18. The third-order valence-corrected chi connectivity index (χ3v) is 7.92. The minimum atomic E-state index is 1.18. The van der Waals surface area contributed by atoms with Crippen LogP contribution in [0.1, 0.15) is 0 Å². The lowest BCUT2D eigenvalue weighted by Gasteiger charge is -2.20. The lowest BCUT2D eigenvalue weighted by molar-refractivity contribution is 1.37. The van der Waals surface area contributed by atoms with Crippen LogP contribution in [0.3, 0.4) is 0 Å². The van der Waals surface area contributed by atoms with Gasteiger partial charge >= 0.3 is 0 Å². The summed E-state index contributed by atoms with van der Waals surface area (Å²) in [5, 5.41) is 12.5. The average molecular weight is 482 g/mol. The molecule has 0 unspecified atom stereocenters. The summed E-state index contributed by atoms with van der Waals surface area (Å²) in [5.41, 5.74) is 5.02. The molecule has 0 saturated carbocycles. The first-order valence-corrected chi connectivity index (χ1v) is 13.1. The number of pyridine rings is 1. The van der Waals surface area contributed by atoms with E-state index < -0.39 is 0 Å². The number of fused-ring (bicyclic) bond motifs is 6. The van der Waals surface area contributed by atoms with Crippen LogP contribution in [0, 0.1) is 0 Å². The van der Waals surface area contributed by atoms with E-state index in [-0.39, 0.29) is 0 Å². The summed E-state index contributed by atoms with van der Waals surface area (Å²) in [6, 6.07) is 46.2. The first kappa shape index (κ1) is 21.1. The summed E-state index contributed by atoms with van der Waals surface area (Å²) in [6.45, 7) is 0. The predicted octanol–water partition coefficient (Wildman–Crippen LogP) is 10.2. The zero-order chi connectivity index (χ0) is 25.1. The number of nitrogens with zero attached hydrogens (tertiary/aromatic N) is 1. The van der Waals surface area contributed by atoms with E-state index in [1.54, 1.807) is 0 Å². The number of rotatable bonds is 2. The number of hydrogen-bond donors (Lipinski definition) is 0. The molecular weight excluding hydrogens is 458 g/mol. The van der Waals surface area contributed by atoms with Gasteiger partial charge in [-0.2, -0.15) is 0 Å². The average Bonchev–Trinajstić information content (AvgIpc) is 2.99. The molecule has 0 fully saturated rings. The molecule has 8 rings (SSSR count). The normalized spacial score (nSPS) is 11.7. The third-order valence-electron chi connectivity index (χ3n) is 7.92. The molecule has 0 bridgehead atoms. The maximum Gasteiger partial charge on any atom is 0.0353 e. The van der Waals surface area contributed by atoms with Crippen molar-refractivity contribution in [3.63, 3.8) is 0 Å². The summed E-state index contributed by atoms with van der Waals surface area (Å²) < 4.78 is 0. The SMILES string of the molecule is c1ccc2c(-c3c4ccccc4c(-c4cc5ccccc5c5ccccc45)c4cnccc34)cccc2c1. The molecule has 7 aromatic carbocycles. The number of benzene rings is 7. The molecule has 0 aliphatic rings. The van der Waals surface area contributed by atoms with E-state index in [0.29, 0.717) is 0 Å².